The summed E-state index contributed by atoms with van der Waals surface area (Å²) < 4.78 is 11.2. The number of benzene rings is 3. The van der Waals surface area contributed by atoms with Gasteiger partial charge < -0.3 is 9.15 Å². The van der Waals surface area contributed by atoms with Gasteiger partial charge >= 0.3 is 0 Å². The summed E-state index contributed by atoms with van der Waals surface area (Å²) in [4.78, 5) is 28.4. The average molecular weight is 418 g/mol. The number of hydrogen-bond acceptors (Lipinski definition) is 4. The molecule has 0 aliphatic carbocycles. The van der Waals surface area contributed by atoms with Crippen LogP contribution in [0, 0.1) is 0 Å². The topological polar surface area (TPSA) is 59.8 Å². The standard InChI is InChI=1S/C24H16ClNO4/c1-29-19-12-11-15(13-17(19)25)26-21(14-7-3-2-4-8-14)20-22(27)16-9-5-6-10-18(16)30-23(20)24(26)28/h2-13,21H,1H3. The van der Waals surface area contributed by atoms with Crippen LogP contribution in [0.15, 0.2) is 82.0 Å². The zero-order chi connectivity index (χ0) is 20.8. The third kappa shape index (κ3) is 2.70. The number of anilines is 1. The molecule has 1 amide bonds. The first-order valence-electron chi connectivity index (χ1n) is 9.38. The molecule has 6 heteroatoms. The Balaban J connectivity index is 1.79. The second-order valence-electron chi connectivity index (χ2n) is 6.98. The van der Waals surface area contributed by atoms with Crippen molar-refractivity contribution in [3.05, 3.63) is 105 Å². The van der Waals surface area contributed by atoms with Gasteiger partial charge in [0, 0.05) is 5.69 Å². The number of fused-ring (bicyclic) bond motifs is 2. The molecule has 0 bridgehead atoms. The van der Waals surface area contributed by atoms with E-state index in [0.717, 1.165) is 5.56 Å². The molecular formula is C24H16ClNO4. The summed E-state index contributed by atoms with van der Waals surface area (Å²) in [6.45, 7) is 0. The molecule has 0 fully saturated rings. The minimum atomic E-state index is -0.626. The van der Waals surface area contributed by atoms with Crippen LogP contribution in [0.2, 0.25) is 5.02 Å². The first kappa shape index (κ1) is 18.5. The van der Waals surface area contributed by atoms with Crippen molar-refractivity contribution in [1.29, 1.82) is 0 Å². The Bertz CT molecular complexity index is 1350. The first-order valence-corrected chi connectivity index (χ1v) is 9.75. The lowest BCUT2D eigenvalue weighted by atomic mass is 9.98. The van der Waals surface area contributed by atoms with Crippen molar-refractivity contribution in [2.24, 2.45) is 0 Å². The quantitative estimate of drug-likeness (QED) is 0.459. The monoisotopic (exact) mass is 417 g/mol. The molecule has 0 N–H and O–H groups in total. The van der Waals surface area contributed by atoms with Crippen LogP contribution in [0.25, 0.3) is 11.0 Å². The molecule has 1 unspecified atom stereocenters. The molecule has 5 rings (SSSR count). The molecule has 1 aliphatic rings. The van der Waals surface area contributed by atoms with E-state index in [4.69, 9.17) is 20.8 Å². The van der Waals surface area contributed by atoms with Gasteiger partial charge in [-0.1, -0.05) is 54.1 Å². The van der Waals surface area contributed by atoms with Crippen molar-refractivity contribution in [3.8, 4) is 5.75 Å². The summed E-state index contributed by atoms with van der Waals surface area (Å²) in [7, 11) is 1.53. The highest BCUT2D eigenvalue weighted by molar-refractivity contribution is 6.32. The second kappa shape index (κ2) is 7.04. The number of carbonyl (C=O) groups excluding carboxylic acids is 1. The Kier molecular flexibility index (Phi) is 4.33. The summed E-state index contributed by atoms with van der Waals surface area (Å²) >= 11 is 6.33. The van der Waals surface area contributed by atoms with Gasteiger partial charge in [-0.3, -0.25) is 14.5 Å². The van der Waals surface area contributed by atoms with E-state index in [1.54, 1.807) is 47.4 Å². The zero-order valence-electron chi connectivity index (χ0n) is 16.0. The largest absolute Gasteiger partial charge is 0.495 e. The zero-order valence-corrected chi connectivity index (χ0v) is 16.7. The fourth-order valence-electron chi connectivity index (χ4n) is 3.94. The molecule has 1 atom stereocenters. The number of rotatable bonds is 3. The molecule has 2 heterocycles. The predicted octanol–water partition coefficient (Wildman–Crippen LogP) is 5.20. The number of nitrogens with zero attached hydrogens (tertiary/aromatic N) is 1. The van der Waals surface area contributed by atoms with Crippen molar-refractivity contribution in [3.63, 3.8) is 0 Å². The van der Waals surface area contributed by atoms with Gasteiger partial charge in [0.2, 0.25) is 5.76 Å². The summed E-state index contributed by atoms with van der Waals surface area (Å²) in [5.74, 6) is 0.170. The molecule has 0 saturated carbocycles. The number of halogens is 1. The van der Waals surface area contributed by atoms with E-state index in [1.807, 2.05) is 30.3 Å². The Labute approximate surface area is 177 Å². The number of hydrogen-bond donors (Lipinski definition) is 0. The maximum absolute atomic E-state index is 13.5. The molecule has 3 aromatic carbocycles. The molecule has 0 saturated heterocycles. The van der Waals surface area contributed by atoms with Crippen LogP contribution in [0.4, 0.5) is 5.69 Å². The molecular weight excluding hydrogens is 402 g/mol. The van der Waals surface area contributed by atoms with Gasteiger partial charge in [-0.2, -0.15) is 0 Å². The smallest absolute Gasteiger partial charge is 0.295 e. The number of amides is 1. The highest BCUT2D eigenvalue weighted by atomic mass is 35.5. The van der Waals surface area contributed by atoms with E-state index in [9.17, 15) is 9.59 Å². The van der Waals surface area contributed by atoms with Crippen LogP contribution in [0.3, 0.4) is 0 Å². The van der Waals surface area contributed by atoms with Gasteiger partial charge in [0.25, 0.3) is 5.91 Å². The lowest BCUT2D eigenvalue weighted by Crippen LogP contribution is -2.29. The van der Waals surface area contributed by atoms with Gasteiger partial charge in [0.1, 0.15) is 11.3 Å². The molecule has 148 valence electrons. The van der Waals surface area contributed by atoms with Gasteiger partial charge in [0.05, 0.1) is 29.1 Å². The van der Waals surface area contributed by atoms with Gasteiger partial charge in [-0.25, -0.2) is 0 Å². The van der Waals surface area contributed by atoms with E-state index in [-0.39, 0.29) is 17.1 Å². The van der Waals surface area contributed by atoms with Crippen molar-refractivity contribution in [1.82, 2.24) is 0 Å². The molecule has 0 spiro atoms. The summed E-state index contributed by atoms with van der Waals surface area (Å²) in [6, 6.07) is 20.8. The van der Waals surface area contributed by atoms with E-state index in [2.05, 4.69) is 0 Å². The third-order valence-corrected chi connectivity index (χ3v) is 5.60. The SMILES string of the molecule is COc1ccc(N2C(=O)c3oc4ccccc4c(=O)c3C2c2ccccc2)cc1Cl. The minimum absolute atomic E-state index is 0.0551. The average Bonchev–Trinajstić information content (AvgIpc) is 3.07. The number of carbonyl (C=O) groups is 1. The van der Waals surface area contributed by atoms with Gasteiger partial charge in [-0.05, 0) is 35.9 Å². The van der Waals surface area contributed by atoms with Crippen LogP contribution in [0.5, 0.6) is 5.75 Å². The van der Waals surface area contributed by atoms with Crippen LogP contribution in [-0.2, 0) is 0 Å². The van der Waals surface area contributed by atoms with Crippen LogP contribution in [0.1, 0.15) is 27.7 Å². The van der Waals surface area contributed by atoms with E-state index in [1.165, 1.54) is 7.11 Å². The fourth-order valence-corrected chi connectivity index (χ4v) is 4.19. The van der Waals surface area contributed by atoms with Gasteiger partial charge in [-0.15, -0.1) is 0 Å². The van der Waals surface area contributed by atoms with E-state index >= 15 is 0 Å². The third-order valence-electron chi connectivity index (χ3n) is 5.31. The number of ether oxygens (including phenoxy) is 1. The predicted molar refractivity (Wildman–Crippen MR) is 116 cm³/mol. The minimum Gasteiger partial charge on any atom is -0.495 e. The van der Waals surface area contributed by atoms with Crippen molar-refractivity contribution in [2.75, 3.05) is 12.0 Å². The van der Waals surface area contributed by atoms with Crippen LogP contribution in [-0.4, -0.2) is 13.0 Å². The van der Waals surface area contributed by atoms with Crippen molar-refractivity contribution in [2.45, 2.75) is 6.04 Å². The Morgan fingerprint density at radius 2 is 1.70 bits per heavy atom. The van der Waals surface area contributed by atoms with Crippen molar-refractivity contribution < 1.29 is 13.9 Å². The fraction of sp³-hybridized carbons (Fsp3) is 0.0833. The lowest BCUT2D eigenvalue weighted by molar-refractivity contribution is 0.0971. The Morgan fingerprint density at radius 1 is 0.967 bits per heavy atom. The van der Waals surface area contributed by atoms with Crippen LogP contribution < -0.4 is 15.1 Å². The molecule has 30 heavy (non-hydrogen) atoms. The Hall–Kier alpha value is -3.57. The molecule has 1 aliphatic heterocycles. The summed E-state index contributed by atoms with van der Waals surface area (Å²) in [6.07, 6.45) is 0. The molecule has 0 radical (unpaired) electrons. The highest BCUT2D eigenvalue weighted by Crippen LogP contribution is 2.42. The molecule has 5 nitrogen and oxygen atoms in total. The maximum Gasteiger partial charge on any atom is 0.295 e. The van der Waals surface area contributed by atoms with Crippen molar-refractivity contribution >= 4 is 34.2 Å². The lowest BCUT2D eigenvalue weighted by Gasteiger charge is -2.25. The highest BCUT2D eigenvalue weighted by Gasteiger charge is 2.43. The molecule has 4 aromatic rings. The number of methoxy groups -OCH3 is 1. The van der Waals surface area contributed by atoms with Gasteiger partial charge in [0.15, 0.2) is 5.43 Å². The van der Waals surface area contributed by atoms with E-state index in [0.29, 0.717) is 33.0 Å². The Morgan fingerprint density at radius 3 is 2.43 bits per heavy atom. The number of para-hydroxylation sites is 1. The second-order valence-corrected chi connectivity index (χ2v) is 7.38. The summed E-state index contributed by atoms with van der Waals surface area (Å²) in [5, 5.41) is 0.814. The normalized spacial score (nSPS) is 15.5. The maximum atomic E-state index is 13.5. The van der Waals surface area contributed by atoms with Crippen LogP contribution >= 0.6 is 11.6 Å². The van der Waals surface area contributed by atoms with E-state index < -0.39 is 6.04 Å². The summed E-state index contributed by atoms with van der Waals surface area (Å²) in [5.41, 5.74) is 1.86. The molecule has 1 aromatic heterocycles. The first-order chi connectivity index (χ1) is 14.6.